The second-order valence-corrected chi connectivity index (χ2v) is 5.86. The Labute approximate surface area is 128 Å². The van der Waals surface area contributed by atoms with Crippen LogP contribution < -0.4 is 4.74 Å². The van der Waals surface area contributed by atoms with Crippen molar-refractivity contribution in [3.05, 3.63) is 45.2 Å². The summed E-state index contributed by atoms with van der Waals surface area (Å²) >= 11 is 6.14. The van der Waals surface area contributed by atoms with Crippen LogP contribution in [0, 0.1) is 13.8 Å². The van der Waals surface area contributed by atoms with E-state index in [-0.39, 0.29) is 12.2 Å². The fraction of sp³-hybridized carbons (Fsp3) is 0.375. The number of aryl methyl sites for hydroxylation is 2. The zero-order valence-electron chi connectivity index (χ0n) is 12.4. The molecule has 5 heteroatoms. The van der Waals surface area contributed by atoms with E-state index in [0.717, 1.165) is 34.7 Å². The Morgan fingerprint density at radius 3 is 2.86 bits per heavy atom. The molecule has 0 N–H and O–H groups in total. The first-order valence-corrected chi connectivity index (χ1v) is 7.32. The Morgan fingerprint density at radius 1 is 1.43 bits per heavy atom. The molecule has 1 aromatic heterocycles. The van der Waals surface area contributed by atoms with Crippen molar-refractivity contribution in [2.75, 3.05) is 6.61 Å². The van der Waals surface area contributed by atoms with Gasteiger partial charge in [0.05, 0.1) is 17.9 Å². The van der Waals surface area contributed by atoms with Crippen molar-refractivity contribution in [3.63, 3.8) is 0 Å². The number of carbonyl (C=O) groups excluding carboxylic acids is 1. The van der Waals surface area contributed by atoms with Crippen molar-refractivity contribution in [1.82, 2.24) is 9.78 Å². The molecule has 0 radical (unpaired) electrons. The maximum Gasteiger partial charge on any atom is 0.171 e. The number of carbonyl (C=O) groups is 1. The van der Waals surface area contributed by atoms with Gasteiger partial charge < -0.3 is 4.74 Å². The Balaban J connectivity index is 1.96. The van der Waals surface area contributed by atoms with Crippen LogP contribution in [0.15, 0.2) is 12.1 Å². The first-order valence-electron chi connectivity index (χ1n) is 6.95. The van der Waals surface area contributed by atoms with Crippen molar-refractivity contribution < 1.29 is 9.53 Å². The van der Waals surface area contributed by atoms with Gasteiger partial charge >= 0.3 is 0 Å². The second-order valence-electron chi connectivity index (χ2n) is 5.42. The number of benzene rings is 1. The van der Waals surface area contributed by atoms with Crippen molar-refractivity contribution in [1.29, 1.82) is 0 Å². The van der Waals surface area contributed by atoms with Crippen molar-refractivity contribution in [3.8, 4) is 5.75 Å². The van der Waals surface area contributed by atoms with Gasteiger partial charge in [0.2, 0.25) is 0 Å². The maximum absolute atomic E-state index is 12.6. The number of ether oxygens (including phenoxy) is 1. The minimum atomic E-state index is 0.0538. The topological polar surface area (TPSA) is 44.1 Å². The van der Waals surface area contributed by atoms with Gasteiger partial charge in [-0.1, -0.05) is 11.6 Å². The van der Waals surface area contributed by atoms with Gasteiger partial charge in [0.1, 0.15) is 5.75 Å². The van der Waals surface area contributed by atoms with Crippen LogP contribution in [0.3, 0.4) is 0 Å². The molecule has 0 atom stereocenters. The molecule has 1 aliphatic heterocycles. The Kier molecular flexibility index (Phi) is 3.49. The van der Waals surface area contributed by atoms with Gasteiger partial charge in [-0.15, -0.1) is 0 Å². The van der Waals surface area contributed by atoms with Crippen molar-refractivity contribution >= 4 is 17.4 Å². The average molecular weight is 305 g/mol. The molecule has 0 saturated carbocycles. The zero-order chi connectivity index (χ0) is 15.1. The number of rotatable bonds is 3. The summed E-state index contributed by atoms with van der Waals surface area (Å²) in [5, 5.41) is 4.96. The molecule has 0 unspecified atom stereocenters. The number of fused-ring (bicyclic) bond motifs is 1. The third-order valence-corrected chi connectivity index (χ3v) is 4.18. The Hall–Kier alpha value is -1.81. The summed E-state index contributed by atoms with van der Waals surface area (Å²) < 4.78 is 7.39. The summed E-state index contributed by atoms with van der Waals surface area (Å²) in [5.41, 5.74) is 4.30. The highest BCUT2D eigenvalue weighted by Crippen LogP contribution is 2.33. The van der Waals surface area contributed by atoms with Crippen LogP contribution in [0.2, 0.25) is 5.02 Å². The zero-order valence-corrected chi connectivity index (χ0v) is 13.1. The van der Waals surface area contributed by atoms with Crippen molar-refractivity contribution in [2.24, 2.45) is 7.05 Å². The lowest BCUT2D eigenvalue weighted by Gasteiger charge is -2.09. The SMILES string of the molecule is Cc1nn(C)c(C)c1C(=O)Cc1cc(Cl)cc2c1OCC2. The number of Topliss-reactive ketones (excluding diaryl/α,β-unsaturated/α-hetero) is 1. The molecule has 1 aliphatic rings. The smallest absolute Gasteiger partial charge is 0.171 e. The van der Waals surface area contributed by atoms with Crippen LogP contribution in [0.4, 0.5) is 0 Å². The summed E-state index contributed by atoms with van der Waals surface area (Å²) in [5.74, 6) is 0.880. The van der Waals surface area contributed by atoms with Crippen LogP contribution in [0.1, 0.15) is 32.9 Å². The molecule has 0 amide bonds. The van der Waals surface area contributed by atoms with E-state index in [1.807, 2.05) is 33.0 Å². The van der Waals surface area contributed by atoms with E-state index in [1.165, 1.54) is 0 Å². The van der Waals surface area contributed by atoms with Gasteiger partial charge in [0, 0.05) is 36.2 Å². The minimum Gasteiger partial charge on any atom is -0.493 e. The van der Waals surface area contributed by atoms with E-state index in [4.69, 9.17) is 16.3 Å². The molecule has 21 heavy (non-hydrogen) atoms. The molecule has 3 rings (SSSR count). The van der Waals surface area contributed by atoms with Gasteiger partial charge in [0.25, 0.3) is 0 Å². The predicted octanol–water partition coefficient (Wildman–Crippen LogP) is 3.05. The van der Waals surface area contributed by atoms with Gasteiger partial charge in [-0.3, -0.25) is 9.48 Å². The molecule has 2 heterocycles. The number of hydrogen-bond acceptors (Lipinski definition) is 3. The standard InChI is InChI=1S/C16H17ClN2O2/c1-9-15(10(2)19(3)18-9)14(20)8-12-7-13(17)6-11-4-5-21-16(11)12/h6-7H,4-5,8H2,1-3H3. The Morgan fingerprint density at radius 2 is 2.19 bits per heavy atom. The summed E-state index contributed by atoms with van der Waals surface area (Å²) in [6.07, 6.45) is 1.14. The maximum atomic E-state index is 12.6. The molecule has 110 valence electrons. The summed E-state index contributed by atoms with van der Waals surface area (Å²) in [4.78, 5) is 12.6. The van der Waals surface area contributed by atoms with E-state index in [1.54, 1.807) is 4.68 Å². The molecule has 4 nitrogen and oxygen atoms in total. The van der Waals surface area contributed by atoms with E-state index in [0.29, 0.717) is 17.2 Å². The van der Waals surface area contributed by atoms with Gasteiger partial charge in [-0.25, -0.2) is 0 Å². The number of nitrogens with zero attached hydrogens (tertiary/aromatic N) is 2. The van der Waals surface area contributed by atoms with Gasteiger partial charge in [-0.2, -0.15) is 5.10 Å². The molecule has 0 bridgehead atoms. The highest BCUT2D eigenvalue weighted by atomic mass is 35.5. The number of halogens is 1. The third-order valence-electron chi connectivity index (χ3n) is 3.96. The molecule has 0 spiro atoms. The monoisotopic (exact) mass is 304 g/mol. The molecule has 0 aliphatic carbocycles. The lowest BCUT2D eigenvalue weighted by atomic mass is 9.99. The van der Waals surface area contributed by atoms with E-state index in [9.17, 15) is 4.79 Å². The number of hydrogen-bond donors (Lipinski definition) is 0. The average Bonchev–Trinajstić information content (AvgIpc) is 2.95. The van der Waals surface area contributed by atoms with Gasteiger partial charge in [-0.05, 0) is 31.5 Å². The third kappa shape index (κ3) is 2.44. The van der Waals surface area contributed by atoms with E-state index >= 15 is 0 Å². The quantitative estimate of drug-likeness (QED) is 0.819. The van der Waals surface area contributed by atoms with Crippen LogP contribution in [0.25, 0.3) is 0 Å². The van der Waals surface area contributed by atoms with Crippen LogP contribution >= 0.6 is 11.6 Å². The minimum absolute atomic E-state index is 0.0538. The van der Waals surface area contributed by atoms with Crippen molar-refractivity contribution in [2.45, 2.75) is 26.7 Å². The molecule has 0 fully saturated rings. The summed E-state index contributed by atoms with van der Waals surface area (Å²) in [7, 11) is 1.85. The largest absolute Gasteiger partial charge is 0.493 e. The molecular formula is C16H17ClN2O2. The first-order chi connectivity index (χ1) is 9.97. The number of ketones is 1. The lowest BCUT2D eigenvalue weighted by molar-refractivity contribution is 0.0991. The molecule has 0 saturated heterocycles. The highest BCUT2D eigenvalue weighted by molar-refractivity contribution is 6.30. The first kappa shape index (κ1) is 14.1. The van der Waals surface area contributed by atoms with Gasteiger partial charge in [0.15, 0.2) is 5.78 Å². The van der Waals surface area contributed by atoms with E-state index in [2.05, 4.69) is 5.10 Å². The predicted molar refractivity (Wildman–Crippen MR) is 81.4 cm³/mol. The fourth-order valence-electron chi connectivity index (χ4n) is 2.92. The van der Waals surface area contributed by atoms with E-state index < -0.39 is 0 Å². The molecule has 1 aromatic carbocycles. The van der Waals surface area contributed by atoms with Crippen LogP contribution in [0.5, 0.6) is 5.75 Å². The Bertz CT molecular complexity index is 734. The normalized spacial score (nSPS) is 13.1. The lowest BCUT2D eigenvalue weighted by Crippen LogP contribution is -2.07. The summed E-state index contributed by atoms with van der Waals surface area (Å²) in [6, 6.07) is 3.74. The van der Waals surface area contributed by atoms with Crippen LogP contribution in [-0.4, -0.2) is 22.2 Å². The highest BCUT2D eigenvalue weighted by Gasteiger charge is 2.22. The summed E-state index contributed by atoms with van der Waals surface area (Å²) in [6.45, 7) is 4.42. The van der Waals surface area contributed by atoms with Crippen LogP contribution in [-0.2, 0) is 19.9 Å². The molecular weight excluding hydrogens is 288 g/mol. The fourth-order valence-corrected chi connectivity index (χ4v) is 3.18. The number of aromatic nitrogens is 2. The second kappa shape index (κ2) is 5.19. The molecule has 2 aromatic rings.